The number of hydrogen-bond donors (Lipinski definition) is 2. The molecule has 1 aromatic carbocycles. The van der Waals surface area contributed by atoms with E-state index >= 15 is 0 Å². The average Bonchev–Trinajstić information content (AvgIpc) is 2.28. The third-order valence-electron chi connectivity index (χ3n) is 2.33. The first-order valence-electron chi connectivity index (χ1n) is 5.02. The second kappa shape index (κ2) is 4.18. The lowest BCUT2D eigenvalue weighted by atomic mass is 10.2. The van der Waals surface area contributed by atoms with Crippen LogP contribution >= 0.6 is 0 Å². The van der Waals surface area contributed by atoms with Crippen molar-refractivity contribution in [1.82, 2.24) is 4.98 Å². The van der Waals surface area contributed by atoms with E-state index in [-0.39, 0.29) is 0 Å². The van der Waals surface area contributed by atoms with Crippen LogP contribution < -0.4 is 5.32 Å². The van der Waals surface area contributed by atoms with Crippen molar-refractivity contribution < 1.29 is 9.90 Å². The van der Waals surface area contributed by atoms with E-state index in [4.69, 9.17) is 5.11 Å². The van der Waals surface area contributed by atoms with Crippen molar-refractivity contribution >= 4 is 22.7 Å². The molecule has 0 aliphatic heterocycles. The van der Waals surface area contributed by atoms with E-state index in [1.807, 2.05) is 30.3 Å². The van der Waals surface area contributed by atoms with Gasteiger partial charge in [0.1, 0.15) is 11.9 Å². The third kappa shape index (κ3) is 2.11. The van der Waals surface area contributed by atoms with E-state index in [9.17, 15) is 4.79 Å². The van der Waals surface area contributed by atoms with Gasteiger partial charge in [-0.05, 0) is 25.1 Å². The molecule has 0 saturated carbocycles. The van der Waals surface area contributed by atoms with E-state index in [1.54, 1.807) is 13.0 Å². The quantitative estimate of drug-likeness (QED) is 0.824. The number of carbonyl (C=O) groups is 1. The smallest absolute Gasteiger partial charge is 0.325 e. The number of pyridine rings is 1. The number of aromatic nitrogens is 1. The van der Waals surface area contributed by atoms with Gasteiger partial charge in [0.25, 0.3) is 0 Å². The zero-order valence-electron chi connectivity index (χ0n) is 8.84. The molecule has 0 amide bonds. The van der Waals surface area contributed by atoms with Gasteiger partial charge in [0.15, 0.2) is 0 Å². The first-order chi connectivity index (χ1) is 7.66. The van der Waals surface area contributed by atoms with Gasteiger partial charge in [0, 0.05) is 5.39 Å². The van der Waals surface area contributed by atoms with Crippen molar-refractivity contribution in [3.8, 4) is 0 Å². The van der Waals surface area contributed by atoms with Crippen LogP contribution in [-0.4, -0.2) is 22.1 Å². The Kier molecular flexibility index (Phi) is 2.72. The summed E-state index contributed by atoms with van der Waals surface area (Å²) >= 11 is 0. The van der Waals surface area contributed by atoms with Crippen LogP contribution in [0.25, 0.3) is 10.9 Å². The highest BCUT2D eigenvalue weighted by molar-refractivity contribution is 5.81. The summed E-state index contributed by atoms with van der Waals surface area (Å²) in [4.78, 5) is 15.0. The van der Waals surface area contributed by atoms with Crippen molar-refractivity contribution in [2.75, 3.05) is 5.32 Å². The molecule has 0 radical (unpaired) electrons. The first kappa shape index (κ1) is 10.4. The number of benzene rings is 1. The van der Waals surface area contributed by atoms with Crippen LogP contribution in [0.4, 0.5) is 5.82 Å². The molecular weight excluding hydrogens is 204 g/mol. The molecule has 82 valence electrons. The topological polar surface area (TPSA) is 62.2 Å². The minimum absolute atomic E-state index is 0.577. The third-order valence-corrected chi connectivity index (χ3v) is 2.33. The fourth-order valence-electron chi connectivity index (χ4n) is 1.43. The zero-order chi connectivity index (χ0) is 11.5. The van der Waals surface area contributed by atoms with Crippen LogP contribution in [0, 0.1) is 0 Å². The first-order valence-corrected chi connectivity index (χ1v) is 5.02. The minimum atomic E-state index is -0.894. The fraction of sp³-hybridized carbons (Fsp3) is 0.167. The molecule has 4 heteroatoms. The summed E-state index contributed by atoms with van der Waals surface area (Å²) in [6.07, 6.45) is 0. The second-order valence-electron chi connectivity index (χ2n) is 3.59. The van der Waals surface area contributed by atoms with Crippen molar-refractivity contribution in [2.24, 2.45) is 0 Å². The molecule has 0 spiro atoms. The van der Waals surface area contributed by atoms with E-state index in [0.717, 1.165) is 10.9 Å². The maximum atomic E-state index is 10.7. The summed E-state index contributed by atoms with van der Waals surface area (Å²) in [7, 11) is 0. The highest BCUT2D eigenvalue weighted by Gasteiger charge is 2.10. The Morgan fingerprint density at radius 1 is 1.31 bits per heavy atom. The van der Waals surface area contributed by atoms with Gasteiger partial charge >= 0.3 is 5.97 Å². The summed E-state index contributed by atoms with van der Waals surface area (Å²) in [6, 6.07) is 10.8. The standard InChI is InChI=1S/C12H12N2O2/c1-8(12(15)16)13-11-7-6-9-4-2-3-5-10(9)14-11/h2-8H,1H3,(H,13,14)(H,15,16). The lowest BCUT2D eigenvalue weighted by Crippen LogP contribution is -2.25. The van der Waals surface area contributed by atoms with Crippen molar-refractivity contribution in [3.05, 3.63) is 36.4 Å². The van der Waals surface area contributed by atoms with Gasteiger partial charge in [-0.2, -0.15) is 0 Å². The number of fused-ring (bicyclic) bond motifs is 1. The lowest BCUT2D eigenvalue weighted by molar-refractivity contribution is -0.137. The number of rotatable bonds is 3. The summed E-state index contributed by atoms with van der Waals surface area (Å²) in [5, 5.41) is 12.6. The Morgan fingerprint density at radius 3 is 2.81 bits per heavy atom. The summed E-state index contributed by atoms with van der Waals surface area (Å²) in [6.45, 7) is 1.58. The fourth-order valence-corrected chi connectivity index (χ4v) is 1.43. The maximum Gasteiger partial charge on any atom is 0.325 e. The zero-order valence-corrected chi connectivity index (χ0v) is 8.84. The molecule has 2 aromatic rings. The molecule has 1 heterocycles. The van der Waals surface area contributed by atoms with E-state index in [1.165, 1.54) is 0 Å². The molecule has 4 nitrogen and oxygen atoms in total. The molecule has 1 aromatic heterocycles. The summed E-state index contributed by atoms with van der Waals surface area (Å²) in [5.41, 5.74) is 0.852. The van der Waals surface area contributed by atoms with Gasteiger partial charge in [-0.25, -0.2) is 4.98 Å². The monoisotopic (exact) mass is 216 g/mol. The predicted octanol–water partition coefficient (Wildman–Crippen LogP) is 2.12. The second-order valence-corrected chi connectivity index (χ2v) is 3.59. The Bertz CT molecular complexity index is 525. The van der Waals surface area contributed by atoms with Gasteiger partial charge in [0.2, 0.25) is 0 Å². The predicted molar refractivity (Wildman–Crippen MR) is 62.5 cm³/mol. The molecule has 0 aliphatic rings. The molecular formula is C12H12N2O2. The highest BCUT2D eigenvalue weighted by Crippen LogP contribution is 2.14. The highest BCUT2D eigenvalue weighted by atomic mass is 16.4. The number of aliphatic carboxylic acids is 1. The van der Waals surface area contributed by atoms with Crippen LogP contribution in [0.15, 0.2) is 36.4 Å². The number of carboxylic acid groups (broad SMARTS) is 1. The SMILES string of the molecule is CC(Nc1ccc2ccccc2n1)C(=O)O. The Labute approximate surface area is 92.9 Å². The molecule has 1 atom stereocenters. The molecule has 0 fully saturated rings. The van der Waals surface area contributed by atoms with Gasteiger partial charge in [-0.3, -0.25) is 4.79 Å². The van der Waals surface area contributed by atoms with Crippen molar-refractivity contribution in [2.45, 2.75) is 13.0 Å². The van der Waals surface area contributed by atoms with E-state index < -0.39 is 12.0 Å². The molecule has 0 bridgehead atoms. The van der Waals surface area contributed by atoms with Gasteiger partial charge in [-0.1, -0.05) is 18.2 Å². The van der Waals surface area contributed by atoms with Crippen molar-refractivity contribution in [1.29, 1.82) is 0 Å². The summed E-state index contributed by atoms with van der Waals surface area (Å²) in [5.74, 6) is -0.316. The number of carboxylic acids is 1. The number of anilines is 1. The average molecular weight is 216 g/mol. The Balaban J connectivity index is 2.29. The largest absolute Gasteiger partial charge is 0.480 e. The Morgan fingerprint density at radius 2 is 2.06 bits per heavy atom. The molecule has 2 N–H and O–H groups in total. The molecule has 16 heavy (non-hydrogen) atoms. The number of nitrogens with one attached hydrogen (secondary N) is 1. The molecule has 1 unspecified atom stereocenters. The van der Waals surface area contributed by atoms with Crippen LogP contribution in [0.3, 0.4) is 0 Å². The normalized spacial score (nSPS) is 12.3. The number of hydrogen-bond acceptors (Lipinski definition) is 3. The van der Waals surface area contributed by atoms with Gasteiger partial charge < -0.3 is 10.4 Å². The van der Waals surface area contributed by atoms with Crippen LogP contribution in [-0.2, 0) is 4.79 Å². The number of nitrogens with zero attached hydrogens (tertiary/aromatic N) is 1. The molecule has 0 aliphatic carbocycles. The van der Waals surface area contributed by atoms with Gasteiger partial charge in [0.05, 0.1) is 5.52 Å². The number of para-hydroxylation sites is 1. The van der Waals surface area contributed by atoms with Crippen molar-refractivity contribution in [3.63, 3.8) is 0 Å². The van der Waals surface area contributed by atoms with Crippen LogP contribution in [0.1, 0.15) is 6.92 Å². The molecule has 2 rings (SSSR count). The maximum absolute atomic E-state index is 10.7. The summed E-state index contributed by atoms with van der Waals surface area (Å²) < 4.78 is 0. The van der Waals surface area contributed by atoms with E-state index in [2.05, 4.69) is 10.3 Å². The molecule has 0 saturated heterocycles. The van der Waals surface area contributed by atoms with Crippen LogP contribution in [0.5, 0.6) is 0 Å². The Hall–Kier alpha value is -2.10. The van der Waals surface area contributed by atoms with E-state index in [0.29, 0.717) is 5.82 Å². The minimum Gasteiger partial charge on any atom is -0.480 e. The lowest BCUT2D eigenvalue weighted by Gasteiger charge is -2.10. The van der Waals surface area contributed by atoms with Crippen LogP contribution in [0.2, 0.25) is 0 Å². The van der Waals surface area contributed by atoms with Gasteiger partial charge in [-0.15, -0.1) is 0 Å².